The molecule has 0 bridgehead atoms. The van der Waals surface area contributed by atoms with Crippen molar-refractivity contribution < 1.29 is 14.3 Å². The average molecular weight is 390 g/mol. The van der Waals surface area contributed by atoms with Crippen LogP contribution in [0.3, 0.4) is 0 Å². The van der Waals surface area contributed by atoms with Crippen LogP contribution in [0.25, 0.3) is 6.08 Å². The first-order chi connectivity index (χ1) is 13.0. The Balaban J connectivity index is 1.52. The Hall–Kier alpha value is -2.44. The number of rotatable bonds is 6. The van der Waals surface area contributed by atoms with Gasteiger partial charge in [0.25, 0.3) is 0 Å². The lowest BCUT2D eigenvalue weighted by Gasteiger charge is -2.32. The van der Waals surface area contributed by atoms with Gasteiger partial charge in [-0.05, 0) is 48.2 Å². The number of likely N-dealkylation sites (tertiary alicyclic amines) is 1. The molecule has 0 aliphatic carbocycles. The third-order valence-corrected chi connectivity index (χ3v) is 4.79. The van der Waals surface area contributed by atoms with Gasteiger partial charge in [0.2, 0.25) is 0 Å². The molecule has 1 saturated heterocycles. The smallest absolute Gasteiger partial charge is 0.328 e. The SMILES string of the molecule is O=C(O)C=Cc1cnc(NC2CCN(Cc3cccc(F)c3)CC2)c(Cl)c1. The van der Waals surface area contributed by atoms with Crippen molar-refractivity contribution in [3.63, 3.8) is 0 Å². The van der Waals surface area contributed by atoms with Crippen molar-refractivity contribution in [3.05, 3.63) is 64.6 Å². The van der Waals surface area contributed by atoms with Crippen LogP contribution in [0, 0.1) is 5.82 Å². The molecular weight excluding hydrogens is 369 g/mol. The molecule has 1 aromatic carbocycles. The molecule has 5 nitrogen and oxygen atoms in total. The van der Waals surface area contributed by atoms with Crippen LogP contribution >= 0.6 is 11.6 Å². The van der Waals surface area contributed by atoms with Crippen LogP contribution in [-0.2, 0) is 11.3 Å². The Morgan fingerprint density at radius 1 is 1.37 bits per heavy atom. The number of halogens is 2. The van der Waals surface area contributed by atoms with E-state index < -0.39 is 5.97 Å². The monoisotopic (exact) mass is 389 g/mol. The molecule has 27 heavy (non-hydrogen) atoms. The van der Waals surface area contributed by atoms with Gasteiger partial charge >= 0.3 is 5.97 Å². The van der Waals surface area contributed by atoms with Crippen LogP contribution in [0.2, 0.25) is 5.02 Å². The van der Waals surface area contributed by atoms with Crippen molar-refractivity contribution >= 4 is 29.5 Å². The topological polar surface area (TPSA) is 65.5 Å². The number of aliphatic carboxylic acids is 1. The molecule has 0 radical (unpaired) electrons. The van der Waals surface area contributed by atoms with Crippen LogP contribution in [0.15, 0.2) is 42.6 Å². The largest absolute Gasteiger partial charge is 0.478 e. The summed E-state index contributed by atoms with van der Waals surface area (Å²) in [6.07, 6.45) is 5.97. The highest BCUT2D eigenvalue weighted by atomic mass is 35.5. The Morgan fingerprint density at radius 3 is 2.81 bits per heavy atom. The van der Waals surface area contributed by atoms with E-state index in [1.807, 2.05) is 6.07 Å². The van der Waals surface area contributed by atoms with Gasteiger partial charge in [-0.1, -0.05) is 23.7 Å². The van der Waals surface area contributed by atoms with Gasteiger partial charge in [-0.3, -0.25) is 4.90 Å². The number of piperidine rings is 1. The highest BCUT2D eigenvalue weighted by Crippen LogP contribution is 2.24. The number of carboxylic acids is 1. The number of nitrogens with zero attached hydrogens (tertiary/aromatic N) is 2. The van der Waals surface area contributed by atoms with E-state index in [4.69, 9.17) is 16.7 Å². The minimum Gasteiger partial charge on any atom is -0.478 e. The number of anilines is 1. The van der Waals surface area contributed by atoms with E-state index in [0.29, 0.717) is 16.4 Å². The van der Waals surface area contributed by atoms with Crippen molar-refractivity contribution in [3.8, 4) is 0 Å². The van der Waals surface area contributed by atoms with Crippen molar-refractivity contribution in [2.45, 2.75) is 25.4 Å². The molecule has 142 valence electrons. The van der Waals surface area contributed by atoms with Crippen LogP contribution in [0.1, 0.15) is 24.0 Å². The quantitative estimate of drug-likeness (QED) is 0.730. The molecule has 0 saturated carbocycles. The number of hydrogen-bond donors (Lipinski definition) is 2. The molecule has 3 rings (SSSR count). The summed E-state index contributed by atoms with van der Waals surface area (Å²) in [4.78, 5) is 17.2. The Kier molecular flexibility index (Phi) is 6.42. The predicted molar refractivity (Wildman–Crippen MR) is 104 cm³/mol. The van der Waals surface area contributed by atoms with E-state index >= 15 is 0 Å². The van der Waals surface area contributed by atoms with Crippen LogP contribution < -0.4 is 5.32 Å². The number of carbonyl (C=O) groups is 1. The lowest BCUT2D eigenvalue weighted by molar-refractivity contribution is -0.131. The van der Waals surface area contributed by atoms with Gasteiger partial charge in [0, 0.05) is 37.9 Å². The van der Waals surface area contributed by atoms with Gasteiger partial charge in [-0.15, -0.1) is 0 Å². The summed E-state index contributed by atoms with van der Waals surface area (Å²) in [5, 5.41) is 12.5. The average Bonchev–Trinajstić information content (AvgIpc) is 2.63. The maximum atomic E-state index is 13.3. The molecule has 1 aliphatic rings. The highest BCUT2D eigenvalue weighted by Gasteiger charge is 2.20. The second-order valence-electron chi connectivity index (χ2n) is 6.60. The van der Waals surface area contributed by atoms with Crippen LogP contribution in [-0.4, -0.2) is 40.1 Å². The Bertz CT molecular complexity index is 836. The molecule has 1 aliphatic heterocycles. The first kappa shape index (κ1) is 19.3. The van der Waals surface area contributed by atoms with Gasteiger partial charge in [-0.25, -0.2) is 14.2 Å². The minimum atomic E-state index is -1.02. The molecule has 0 atom stereocenters. The number of pyridine rings is 1. The Labute approximate surface area is 162 Å². The van der Waals surface area contributed by atoms with Gasteiger partial charge in [0.1, 0.15) is 11.6 Å². The van der Waals surface area contributed by atoms with Crippen molar-refractivity contribution in [2.24, 2.45) is 0 Å². The molecule has 0 amide bonds. The zero-order chi connectivity index (χ0) is 19.2. The second-order valence-corrected chi connectivity index (χ2v) is 7.00. The molecule has 2 N–H and O–H groups in total. The molecule has 2 aromatic rings. The molecule has 1 fully saturated rings. The van der Waals surface area contributed by atoms with Crippen molar-refractivity contribution in [1.82, 2.24) is 9.88 Å². The van der Waals surface area contributed by atoms with E-state index in [-0.39, 0.29) is 11.9 Å². The highest BCUT2D eigenvalue weighted by molar-refractivity contribution is 6.33. The summed E-state index contributed by atoms with van der Waals surface area (Å²) in [5.74, 6) is -0.613. The number of aromatic nitrogens is 1. The fraction of sp³-hybridized carbons (Fsp3) is 0.300. The fourth-order valence-electron chi connectivity index (χ4n) is 3.14. The maximum absolute atomic E-state index is 13.3. The number of benzene rings is 1. The molecular formula is C20H21ClFN3O2. The van der Waals surface area contributed by atoms with E-state index in [0.717, 1.165) is 44.1 Å². The predicted octanol–water partition coefficient (Wildman–Crippen LogP) is 4.05. The lowest BCUT2D eigenvalue weighted by atomic mass is 10.0. The first-order valence-corrected chi connectivity index (χ1v) is 9.17. The first-order valence-electron chi connectivity index (χ1n) is 8.79. The summed E-state index contributed by atoms with van der Waals surface area (Å²) in [5.41, 5.74) is 1.62. The maximum Gasteiger partial charge on any atom is 0.328 e. The van der Waals surface area contributed by atoms with Gasteiger partial charge in [0.05, 0.1) is 5.02 Å². The summed E-state index contributed by atoms with van der Waals surface area (Å²) < 4.78 is 13.3. The zero-order valence-electron chi connectivity index (χ0n) is 14.7. The van der Waals surface area contributed by atoms with Crippen molar-refractivity contribution in [1.29, 1.82) is 0 Å². The summed E-state index contributed by atoms with van der Waals surface area (Å²) in [7, 11) is 0. The fourth-order valence-corrected chi connectivity index (χ4v) is 3.37. The molecule has 2 heterocycles. The molecule has 7 heteroatoms. The minimum absolute atomic E-state index is 0.202. The van der Waals surface area contributed by atoms with Gasteiger partial charge in [0.15, 0.2) is 0 Å². The van der Waals surface area contributed by atoms with Crippen molar-refractivity contribution in [2.75, 3.05) is 18.4 Å². The zero-order valence-corrected chi connectivity index (χ0v) is 15.5. The van der Waals surface area contributed by atoms with E-state index in [1.165, 1.54) is 12.1 Å². The molecule has 0 spiro atoms. The van der Waals surface area contributed by atoms with E-state index in [2.05, 4.69) is 15.2 Å². The third-order valence-electron chi connectivity index (χ3n) is 4.50. The lowest BCUT2D eigenvalue weighted by Crippen LogP contribution is -2.38. The summed E-state index contributed by atoms with van der Waals surface area (Å²) >= 11 is 6.26. The molecule has 1 aromatic heterocycles. The summed E-state index contributed by atoms with van der Waals surface area (Å²) in [6.45, 7) is 2.56. The normalized spacial score (nSPS) is 15.9. The number of carboxylic acid groups (broad SMARTS) is 1. The number of hydrogen-bond acceptors (Lipinski definition) is 4. The van der Waals surface area contributed by atoms with Gasteiger partial charge in [-0.2, -0.15) is 0 Å². The van der Waals surface area contributed by atoms with Crippen LogP contribution in [0.4, 0.5) is 10.2 Å². The third kappa shape index (κ3) is 5.77. The number of nitrogens with one attached hydrogen (secondary N) is 1. The summed E-state index contributed by atoms with van der Waals surface area (Å²) in [6, 6.07) is 8.67. The molecule has 0 unspecified atom stereocenters. The standard InChI is InChI=1S/C20H21ClFN3O2/c21-18-11-14(4-5-19(26)27)12-23-20(18)24-17-6-8-25(9-7-17)13-15-2-1-3-16(22)10-15/h1-5,10-12,17H,6-9,13H2,(H,23,24)(H,26,27). The van der Waals surface area contributed by atoms with Crippen LogP contribution in [0.5, 0.6) is 0 Å². The Morgan fingerprint density at radius 2 is 2.15 bits per heavy atom. The second kappa shape index (κ2) is 8.97. The van der Waals surface area contributed by atoms with Gasteiger partial charge < -0.3 is 10.4 Å². The van der Waals surface area contributed by atoms with E-state index in [1.54, 1.807) is 24.4 Å². The van der Waals surface area contributed by atoms with E-state index in [9.17, 15) is 9.18 Å².